The predicted octanol–water partition coefficient (Wildman–Crippen LogP) is 0.523. The van der Waals surface area contributed by atoms with Crippen LogP contribution in [0, 0.1) is 0 Å². The minimum absolute atomic E-state index is 0.0228. The average Bonchev–Trinajstić information content (AvgIpc) is 4.24. The smallest absolute Gasteiger partial charge is 0.253 e. The summed E-state index contributed by atoms with van der Waals surface area (Å²) in [7, 11) is 0. The first kappa shape index (κ1) is 46.4. The van der Waals surface area contributed by atoms with Gasteiger partial charge in [-0.3, -0.25) is 9.59 Å². The summed E-state index contributed by atoms with van der Waals surface area (Å²) in [4.78, 5) is 55.5. The van der Waals surface area contributed by atoms with Gasteiger partial charge in [0.15, 0.2) is 34.0 Å². The molecule has 26 nitrogen and oxygen atoms in total. The number of fused-ring (bicyclic) bond motifs is 2. The van der Waals surface area contributed by atoms with E-state index in [-0.39, 0.29) is 66.5 Å². The van der Waals surface area contributed by atoms with E-state index in [2.05, 4.69) is 71.6 Å². The van der Waals surface area contributed by atoms with Crippen molar-refractivity contribution < 1.29 is 30.6 Å². The number of aliphatic hydroxyl groups is 6. The van der Waals surface area contributed by atoms with Crippen LogP contribution in [0.5, 0.6) is 0 Å². The molecule has 370 valence electrons. The molecule has 1 aromatic carbocycles. The maximum atomic E-state index is 13.0. The molecular formula is C42H50Cl2N18O8. The third kappa shape index (κ3) is 8.37. The van der Waals surface area contributed by atoms with E-state index >= 15 is 0 Å². The van der Waals surface area contributed by atoms with Crippen LogP contribution in [0.2, 0.25) is 10.6 Å². The molecule has 6 aromatic heterocycles. The molecule has 4 aliphatic carbocycles. The molecule has 0 amide bonds. The molecular weight excluding hydrogens is 955 g/mol. The van der Waals surface area contributed by atoms with E-state index in [0.29, 0.717) is 83.1 Å². The monoisotopic (exact) mass is 1000 g/mol. The van der Waals surface area contributed by atoms with Crippen LogP contribution in [0.3, 0.4) is 0 Å². The van der Waals surface area contributed by atoms with Gasteiger partial charge >= 0.3 is 0 Å². The lowest BCUT2D eigenvalue weighted by molar-refractivity contribution is 0.00491. The fourth-order valence-corrected chi connectivity index (χ4v) is 11.2. The summed E-state index contributed by atoms with van der Waals surface area (Å²) in [5.74, 6) is 0.823. The van der Waals surface area contributed by atoms with Gasteiger partial charge in [0.25, 0.3) is 10.9 Å². The first-order chi connectivity index (χ1) is 33.8. The highest BCUT2D eigenvalue weighted by atomic mass is 35.5. The van der Waals surface area contributed by atoms with Gasteiger partial charge < -0.3 is 61.0 Å². The molecule has 7 aromatic rings. The topological polar surface area (TPSA) is 352 Å². The summed E-state index contributed by atoms with van der Waals surface area (Å²) in [6.45, 7) is -0.613. The second kappa shape index (κ2) is 18.6. The van der Waals surface area contributed by atoms with Gasteiger partial charge in [-0.15, -0.1) is 0 Å². The average molecular weight is 1010 g/mol. The molecule has 0 spiro atoms. The van der Waals surface area contributed by atoms with Crippen LogP contribution < -0.4 is 32.1 Å². The number of imidazole rings is 2. The number of rotatable bonds is 14. The zero-order chi connectivity index (χ0) is 48.5. The first-order valence-corrected chi connectivity index (χ1v) is 24.1. The quantitative estimate of drug-likeness (QED) is 0.0524. The fraction of sp³-hybridized carbons (Fsp3) is 0.571. The van der Waals surface area contributed by atoms with Crippen LogP contribution in [0.1, 0.15) is 99.8 Å². The van der Waals surface area contributed by atoms with Crippen LogP contribution in [0.25, 0.3) is 22.3 Å². The summed E-state index contributed by atoms with van der Waals surface area (Å²) in [5, 5.41) is 93.4. The zero-order valence-electron chi connectivity index (χ0n) is 37.2. The van der Waals surface area contributed by atoms with Crippen LogP contribution >= 0.6 is 23.2 Å². The van der Waals surface area contributed by atoms with Crippen molar-refractivity contribution >= 4 is 68.5 Å². The van der Waals surface area contributed by atoms with Gasteiger partial charge in [0.05, 0.1) is 50.3 Å². The molecule has 0 radical (unpaired) electrons. The Morgan fingerprint density at radius 1 is 0.543 bits per heavy atom. The van der Waals surface area contributed by atoms with Crippen molar-refractivity contribution in [3.63, 3.8) is 0 Å². The van der Waals surface area contributed by atoms with Crippen LogP contribution in [0.4, 0.5) is 23.0 Å². The normalized spacial score (nSPS) is 29.4. The van der Waals surface area contributed by atoms with Gasteiger partial charge in [-0.1, -0.05) is 0 Å². The fourth-order valence-electron chi connectivity index (χ4n) is 10.8. The summed E-state index contributed by atoms with van der Waals surface area (Å²) >= 11 is 12.9. The van der Waals surface area contributed by atoms with Gasteiger partial charge in [-0.2, -0.15) is 49.9 Å². The molecule has 0 bridgehead atoms. The summed E-state index contributed by atoms with van der Waals surface area (Å²) in [6, 6.07) is -2.91. The van der Waals surface area contributed by atoms with Gasteiger partial charge in [-0.05, 0) is 87.4 Å². The lowest BCUT2D eigenvalue weighted by Crippen LogP contribution is -2.44. The van der Waals surface area contributed by atoms with Crippen LogP contribution in [-0.4, -0.2) is 148 Å². The minimum atomic E-state index is -1.20. The van der Waals surface area contributed by atoms with Crippen molar-refractivity contribution in [2.24, 2.45) is 0 Å². The van der Waals surface area contributed by atoms with E-state index in [1.807, 2.05) is 0 Å². The van der Waals surface area contributed by atoms with E-state index < -0.39 is 59.4 Å². The Hall–Kier alpha value is -6.00. The Bertz CT molecular complexity index is 3110. The van der Waals surface area contributed by atoms with E-state index in [4.69, 9.17) is 23.2 Å². The third-order valence-corrected chi connectivity index (χ3v) is 14.8. The number of nitrogens with one attached hydrogen (secondary N) is 4. The van der Waals surface area contributed by atoms with Crippen LogP contribution in [0.15, 0.2) is 34.6 Å². The first-order valence-electron chi connectivity index (χ1n) is 23.3. The number of anilines is 4. The SMILES string of the molecule is O=c1c(NC2CCC(Nc3nc(Cl)nc4c3ncn4[C@@H]3C[C@H](n4ncc(CO)n4)[C@@H](O)[C@H]3O)CC2)c(N[C@H]2CCC[C@H](Nc3nc(Cl)nc4c3ncn4[C@@H]3C[C@H](n4ncc(CO)n4)[C@@H](O)[C@H]3O)C2)c1=O. The van der Waals surface area contributed by atoms with E-state index in [0.717, 1.165) is 19.3 Å². The number of aromatic nitrogens is 14. The summed E-state index contributed by atoms with van der Waals surface area (Å²) in [6.07, 6.45) is 7.37. The molecule has 11 rings (SSSR count). The molecule has 0 saturated heterocycles. The molecule has 70 heavy (non-hydrogen) atoms. The highest BCUT2D eigenvalue weighted by Gasteiger charge is 2.47. The number of halogens is 2. The Morgan fingerprint density at radius 2 is 0.957 bits per heavy atom. The zero-order valence-corrected chi connectivity index (χ0v) is 38.8. The molecule has 10 N–H and O–H groups in total. The molecule has 0 unspecified atom stereocenters. The van der Waals surface area contributed by atoms with Gasteiger partial charge in [-0.25, -0.2) is 9.97 Å². The molecule has 0 aliphatic heterocycles. The van der Waals surface area contributed by atoms with Crippen molar-refractivity contribution in [3.8, 4) is 0 Å². The second-order valence-corrected chi connectivity index (χ2v) is 19.4. The molecule has 10 atom stereocenters. The Morgan fingerprint density at radius 3 is 1.41 bits per heavy atom. The lowest BCUT2D eigenvalue weighted by atomic mass is 9.89. The lowest BCUT2D eigenvalue weighted by Gasteiger charge is -2.33. The molecule has 4 saturated carbocycles. The summed E-state index contributed by atoms with van der Waals surface area (Å²) in [5.41, 5.74) is 1.75. The second-order valence-electron chi connectivity index (χ2n) is 18.8. The number of hydrogen-bond acceptors (Lipinski definition) is 22. The van der Waals surface area contributed by atoms with Crippen LogP contribution in [-0.2, 0) is 13.2 Å². The van der Waals surface area contributed by atoms with Gasteiger partial charge in [0.2, 0.25) is 10.6 Å². The molecule has 6 heterocycles. The van der Waals surface area contributed by atoms with Gasteiger partial charge in [0.1, 0.15) is 59.3 Å². The largest absolute Gasteiger partial charge is 0.390 e. The number of hydrogen-bond donors (Lipinski definition) is 10. The Labute approximate surface area is 405 Å². The maximum Gasteiger partial charge on any atom is 0.253 e. The highest BCUT2D eigenvalue weighted by Crippen LogP contribution is 2.42. The third-order valence-electron chi connectivity index (χ3n) is 14.5. The number of nitrogens with zero attached hydrogens (tertiary/aromatic N) is 14. The summed E-state index contributed by atoms with van der Waals surface area (Å²) < 4.78 is 3.34. The number of aliphatic hydroxyl groups excluding tert-OH is 6. The molecule has 4 aliphatic rings. The Kier molecular flexibility index (Phi) is 12.3. The Balaban J connectivity index is 0.709. The standard InChI is InChI=1S/C42H50Cl2N18O8/c43-41-53-37(29-39(55-41)59(15-45-29)23-9-25(33(67)31(23)65)61-47-11-21(13-63)57-61)51-18-6-4-17(5-7-18)49-27-28(36(70)35(27)69)50-19-2-1-3-20(8-19)52-38-30-40(56-42(44)54-38)60(16-46-30)24-10-26(34(68)32(24)66)62-48-12-22(14-64)58-62/h11-12,15-20,23-26,31-34,49-50,63-68H,1-10,13-14H2,(H,51,53,55)(H,52,54,56)/t17?,18?,19-,20-,23+,24+,25-,26-,31-,32-,33+,34+/m0/s1. The highest BCUT2D eigenvalue weighted by molar-refractivity contribution is 6.29. The van der Waals surface area contributed by atoms with E-state index in [1.165, 1.54) is 34.6 Å². The van der Waals surface area contributed by atoms with Gasteiger partial charge in [0, 0.05) is 24.2 Å². The van der Waals surface area contributed by atoms with Crippen molar-refractivity contribution in [3.05, 3.63) is 67.5 Å². The maximum absolute atomic E-state index is 13.0. The van der Waals surface area contributed by atoms with Crippen molar-refractivity contribution in [2.45, 2.75) is 150 Å². The van der Waals surface area contributed by atoms with Crippen molar-refractivity contribution in [2.75, 3.05) is 21.3 Å². The van der Waals surface area contributed by atoms with Crippen molar-refractivity contribution in [1.29, 1.82) is 0 Å². The predicted molar refractivity (Wildman–Crippen MR) is 250 cm³/mol. The van der Waals surface area contributed by atoms with Crippen molar-refractivity contribution in [1.82, 2.24) is 69.0 Å². The molecule has 28 heteroatoms. The molecule has 4 fully saturated rings. The van der Waals surface area contributed by atoms with E-state index in [9.17, 15) is 40.2 Å². The van der Waals surface area contributed by atoms with E-state index in [1.54, 1.807) is 9.13 Å². The minimum Gasteiger partial charge on any atom is -0.390 e.